The number of halogens is 1. The van der Waals surface area contributed by atoms with Gasteiger partial charge in [0.1, 0.15) is 0 Å². The van der Waals surface area contributed by atoms with Crippen molar-refractivity contribution in [1.29, 1.82) is 0 Å². The summed E-state index contributed by atoms with van der Waals surface area (Å²) in [5, 5.41) is 3.56. The molecular formula is C18H20ClNO3. The first-order valence-electron chi connectivity index (χ1n) is 7.34. The van der Waals surface area contributed by atoms with Crippen molar-refractivity contribution >= 4 is 17.5 Å². The lowest BCUT2D eigenvalue weighted by molar-refractivity contribution is -0.121. The fourth-order valence-electron chi connectivity index (χ4n) is 2.23. The molecule has 0 atom stereocenters. The van der Waals surface area contributed by atoms with Crippen molar-refractivity contribution in [2.45, 2.75) is 19.4 Å². The van der Waals surface area contributed by atoms with Gasteiger partial charge in [-0.3, -0.25) is 4.79 Å². The smallest absolute Gasteiger partial charge is 0.220 e. The van der Waals surface area contributed by atoms with Crippen molar-refractivity contribution in [3.05, 3.63) is 58.6 Å². The minimum absolute atomic E-state index is 0.000222. The molecule has 0 unspecified atom stereocenters. The highest BCUT2D eigenvalue weighted by atomic mass is 35.5. The molecule has 0 aliphatic heterocycles. The molecule has 2 rings (SSSR count). The number of benzene rings is 2. The van der Waals surface area contributed by atoms with Crippen LogP contribution in [0.4, 0.5) is 0 Å². The van der Waals surface area contributed by atoms with Crippen LogP contribution in [0, 0.1) is 0 Å². The molecule has 0 radical (unpaired) electrons. The van der Waals surface area contributed by atoms with Crippen LogP contribution in [-0.4, -0.2) is 20.1 Å². The third kappa shape index (κ3) is 5.18. The minimum atomic E-state index is -0.000222. The van der Waals surface area contributed by atoms with E-state index in [0.717, 1.165) is 11.1 Å². The van der Waals surface area contributed by atoms with E-state index in [1.165, 1.54) is 0 Å². The fourth-order valence-corrected chi connectivity index (χ4v) is 2.44. The van der Waals surface area contributed by atoms with Gasteiger partial charge in [-0.1, -0.05) is 29.8 Å². The third-order valence-electron chi connectivity index (χ3n) is 3.47. The Morgan fingerprint density at radius 2 is 1.83 bits per heavy atom. The van der Waals surface area contributed by atoms with Crippen molar-refractivity contribution in [2.75, 3.05) is 14.2 Å². The number of carbonyl (C=O) groups excluding carboxylic acids is 1. The van der Waals surface area contributed by atoms with Crippen molar-refractivity contribution in [1.82, 2.24) is 5.32 Å². The van der Waals surface area contributed by atoms with E-state index >= 15 is 0 Å². The molecule has 0 bridgehead atoms. The van der Waals surface area contributed by atoms with Gasteiger partial charge in [-0.2, -0.15) is 0 Å². The highest BCUT2D eigenvalue weighted by Crippen LogP contribution is 2.27. The molecule has 0 aromatic heterocycles. The van der Waals surface area contributed by atoms with Gasteiger partial charge in [0.25, 0.3) is 0 Å². The molecule has 2 aromatic carbocycles. The maximum atomic E-state index is 12.0. The Morgan fingerprint density at radius 1 is 1.04 bits per heavy atom. The first-order valence-corrected chi connectivity index (χ1v) is 7.72. The second kappa shape index (κ2) is 8.44. The van der Waals surface area contributed by atoms with Crippen LogP contribution < -0.4 is 14.8 Å². The predicted molar refractivity (Wildman–Crippen MR) is 91.2 cm³/mol. The van der Waals surface area contributed by atoms with E-state index in [2.05, 4.69) is 5.32 Å². The van der Waals surface area contributed by atoms with Gasteiger partial charge >= 0.3 is 0 Å². The molecule has 0 fully saturated rings. The van der Waals surface area contributed by atoms with E-state index in [4.69, 9.17) is 21.1 Å². The second-order valence-electron chi connectivity index (χ2n) is 5.10. The molecule has 4 nitrogen and oxygen atoms in total. The zero-order valence-electron chi connectivity index (χ0n) is 13.3. The highest BCUT2D eigenvalue weighted by Gasteiger charge is 2.07. The summed E-state index contributed by atoms with van der Waals surface area (Å²) in [6.07, 6.45) is 1.05. The van der Waals surface area contributed by atoms with Crippen LogP contribution in [0.2, 0.25) is 5.02 Å². The molecule has 5 heteroatoms. The normalized spacial score (nSPS) is 10.2. The Morgan fingerprint density at radius 3 is 2.52 bits per heavy atom. The third-order valence-corrected chi connectivity index (χ3v) is 3.70. The number of hydrogen-bond donors (Lipinski definition) is 1. The van der Waals surface area contributed by atoms with E-state index in [1.54, 1.807) is 14.2 Å². The van der Waals surface area contributed by atoms with Crippen molar-refractivity contribution in [2.24, 2.45) is 0 Å². The average Bonchev–Trinajstić information content (AvgIpc) is 2.57. The van der Waals surface area contributed by atoms with E-state index in [0.29, 0.717) is 35.9 Å². The summed E-state index contributed by atoms with van der Waals surface area (Å²) in [6, 6.07) is 13.1. The monoisotopic (exact) mass is 333 g/mol. The number of amides is 1. The lowest BCUT2D eigenvalue weighted by Crippen LogP contribution is -2.22. The second-order valence-corrected chi connectivity index (χ2v) is 5.53. The van der Waals surface area contributed by atoms with Gasteiger partial charge in [-0.25, -0.2) is 0 Å². The van der Waals surface area contributed by atoms with E-state index < -0.39 is 0 Å². The first kappa shape index (κ1) is 17.2. The number of methoxy groups -OCH3 is 2. The van der Waals surface area contributed by atoms with Crippen LogP contribution in [0.3, 0.4) is 0 Å². The number of nitrogens with one attached hydrogen (secondary N) is 1. The highest BCUT2D eigenvalue weighted by molar-refractivity contribution is 6.30. The molecule has 0 heterocycles. The molecule has 0 aliphatic carbocycles. The summed E-state index contributed by atoms with van der Waals surface area (Å²) in [4.78, 5) is 12.0. The molecule has 122 valence electrons. The molecule has 0 saturated heterocycles. The zero-order valence-corrected chi connectivity index (χ0v) is 14.0. The molecule has 1 N–H and O–H groups in total. The number of ether oxygens (including phenoxy) is 2. The summed E-state index contributed by atoms with van der Waals surface area (Å²) in [5.41, 5.74) is 2.01. The van der Waals surface area contributed by atoms with E-state index in [9.17, 15) is 4.79 Å². The van der Waals surface area contributed by atoms with Crippen LogP contribution in [-0.2, 0) is 17.8 Å². The molecule has 0 saturated carbocycles. The summed E-state index contributed by atoms with van der Waals surface area (Å²) in [5.74, 6) is 1.35. The van der Waals surface area contributed by atoms with Crippen molar-refractivity contribution in [3.63, 3.8) is 0 Å². The predicted octanol–water partition coefficient (Wildman–Crippen LogP) is 3.61. The lowest BCUT2D eigenvalue weighted by Gasteiger charge is -2.10. The van der Waals surface area contributed by atoms with Gasteiger partial charge in [0.2, 0.25) is 5.91 Å². The van der Waals surface area contributed by atoms with Crippen LogP contribution in [0.5, 0.6) is 11.5 Å². The fraction of sp³-hybridized carbons (Fsp3) is 0.278. The van der Waals surface area contributed by atoms with Crippen LogP contribution in [0.1, 0.15) is 17.5 Å². The Kier molecular flexibility index (Phi) is 6.29. The Balaban J connectivity index is 1.84. The van der Waals surface area contributed by atoms with Crippen molar-refractivity contribution in [3.8, 4) is 11.5 Å². The first-order chi connectivity index (χ1) is 11.1. The Bertz CT molecular complexity index is 673. The zero-order chi connectivity index (χ0) is 16.7. The summed E-state index contributed by atoms with van der Waals surface area (Å²) < 4.78 is 10.5. The topological polar surface area (TPSA) is 47.6 Å². The lowest BCUT2D eigenvalue weighted by atomic mass is 10.1. The molecule has 0 spiro atoms. The molecule has 2 aromatic rings. The van der Waals surface area contributed by atoms with Gasteiger partial charge in [0.05, 0.1) is 14.2 Å². The number of carbonyl (C=O) groups is 1. The number of aryl methyl sites for hydroxylation is 1. The standard InChI is InChI=1S/C18H20ClNO3/c1-22-16-8-6-13(11-17(16)23-2)7-9-18(21)20-12-14-4-3-5-15(19)10-14/h3-6,8,10-11H,7,9,12H2,1-2H3,(H,20,21). The van der Waals surface area contributed by atoms with Gasteiger partial charge in [-0.15, -0.1) is 0 Å². The van der Waals surface area contributed by atoms with Gasteiger partial charge in [0, 0.05) is 18.0 Å². The Labute approximate surface area is 141 Å². The van der Waals surface area contributed by atoms with Gasteiger partial charge in [0.15, 0.2) is 11.5 Å². The minimum Gasteiger partial charge on any atom is -0.493 e. The largest absolute Gasteiger partial charge is 0.493 e. The SMILES string of the molecule is COc1ccc(CCC(=O)NCc2cccc(Cl)c2)cc1OC. The van der Waals surface area contributed by atoms with Gasteiger partial charge in [-0.05, 0) is 41.8 Å². The quantitative estimate of drug-likeness (QED) is 0.842. The van der Waals surface area contributed by atoms with Crippen LogP contribution >= 0.6 is 11.6 Å². The molecular weight excluding hydrogens is 314 g/mol. The Hall–Kier alpha value is -2.20. The average molecular weight is 334 g/mol. The van der Waals surface area contributed by atoms with Crippen molar-refractivity contribution < 1.29 is 14.3 Å². The maximum Gasteiger partial charge on any atom is 0.220 e. The molecule has 0 aliphatic rings. The maximum absolute atomic E-state index is 12.0. The number of hydrogen-bond acceptors (Lipinski definition) is 3. The van der Waals surface area contributed by atoms with E-state index in [-0.39, 0.29) is 5.91 Å². The van der Waals surface area contributed by atoms with Crippen LogP contribution in [0.15, 0.2) is 42.5 Å². The summed E-state index contributed by atoms with van der Waals surface area (Å²) in [7, 11) is 3.19. The van der Waals surface area contributed by atoms with Crippen LogP contribution in [0.25, 0.3) is 0 Å². The molecule has 23 heavy (non-hydrogen) atoms. The van der Waals surface area contributed by atoms with Gasteiger partial charge < -0.3 is 14.8 Å². The number of rotatable bonds is 7. The summed E-state index contributed by atoms with van der Waals surface area (Å²) in [6.45, 7) is 0.478. The summed E-state index contributed by atoms with van der Waals surface area (Å²) >= 11 is 5.92. The van der Waals surface area contributed by atoms with E-state index in [1.807, 2.05) is 42.5 Å². The molecule has 1 amide bonds.